The van der Waals surface area contributed by atoms with Gasteiger partial charge >= 0.3 is 6.03 Å². The fourth-order valence-electron chi connectivity index (χ4n) is 3.09. The highest BCUT2D eigenvalue weighted by molar-refractivity contribution is 5.74. The second-order valence-corrected chi connectivity index (χ2v) is 6.24. The molecule has 0 saturated carbocycles. The third-order valence-electron chi connectivity index (χ3n) is 4.53. The minimum Gasteiger partial charge on any atom is -0.472 e. The lowest BCUT2D eigenvalue weighted by Crippen LogP contribution is -2.51. The number of hydrogen-bond donors (Lipinski definition) is 1. The molecule has 0 atom stereocenters. The van der Waals surface area contributed by atoms with E-state index in [0.717, 1.165) is 49.8 Å². The molecule has 7 nitrogen and oxygen atoms in total. The second kappa shape index (κ2) is 7.06. The Morgan fingerprint density at radius 1 is 1.04 bits per heavy atom. The maximum atomic E-state index is 12.2. The van der Waals surface area contributed by atoms with Gasteiger partial charge in [-0.15, -0.1) is 0 Å². The number of carbonyl (C=O) groups is 1. The molecule has 0 aliphatic carbocycles. The number of furan rings is 1. The van der Waals surface area contributed by atoms with Gasteiger partial charge in [0.05, 0.1) is 12.5 Å². The van der Waals surface area contributed by atoms with Crippen LogP contribution in [0.5, 0.6) is 11.5 Å². The van der Waals surface area contributed by atoms with E-state index in [0.29, 0.717) is 13.3 Å². The van der Waals surface area contributed by atoms with E-state index in [1.54, 1.807) is 12.5 Å². The van der Waals surface area contributed by atoms with E-state index < -0.39 is 0 Å². The summed E-state index contributed by atoms with van der Waals surface area (Å²) in [6.07, 6.45) is 3.25. The third kappa shape index (κ3) is 3.71. The average Bonchev–Trinajstić information content (AvgIpc) is 3.31. The highest BCUT2D eigenvalue weighted by Gasteiger charge is 2.21. The molecule has 3 heterocycles. The molecule has 1 aromatic carbocycles. The number of amides is 2. The van der Waals surface area contributed by atoms with Crippen LogP contribution in [0.4, 0.5) is 4.79 Å². The Morgan fingerprint density at radius 2 is 1.88 bits per heavy atom. The van der Waals surface area contributed by atoms with Crippen LogP contribution >= 0.6 is 0 Å². The van der Waals surface area contributed by atoms with Crippen molar-refractivity contribution in [3.05, 3.63) is 47.9 Å². The third-order valence-corrected chi connectivity index (χ3v) is 4.53. The lowest BCUT2D eigenvalue weighted by Gasteiger charge is -2.34. The molecule has 0 radical (unpaired) electrons. The Balaban J connectivity index is 1.24. The van der Waals surface area contributed by atoms with Gasteiger partial charge in [0.15, 0.2) is 11.5 Å². The molecule has 0 spiro atoms. The summed E-state index contributed by atoms with van der Waals surface area (Å²) in [6, 6.07) is 7.88. The van der Waals surface area contributed by atoms with Gasteiger partial charge in [-0.3, -0.25) is 4.90 Å². The van der Waals surface area contributed by atoms with Crippen LogP contribution in [0.3, 0.4) is 0 Å². The number of carbonyl (C=O) groups excluding carboxylic acids is 1. The van der Waals surface area contributed by atoms with Gasteiger partial charge < -0.3 is 24.1 Å². The topological polar surface area (TPSA) is 67.2 Å². The Bertz CT molecular complexity index is 724. The zero-order chi connectivity index (χ0) is 17.1. The molecular weight excluding hydrogens is 322 g/mol. The minimum absolute atomic E-state index is 0.0241. The average molecular weight is 343 g/mol. The van der Waals surface area contributed by atoms with E-state index in [9.17, 15) is 4.79 Å². The Morgan fingerprint density at radius 3 is 2.68 bits per heavy atom. The van der Waals surface area contributed by atoms with Crippen LogP contribution in [0.25, 0.3) is 0 Å². The van der Waals surface area contributed by atoms with Gasteiger partial charge in [0, 0.05) is 44.8 Å². The Kier molecular flexibility index (Phi) is 4.47. The fourth-order valence-corrected chi connectivity index (χ4v) is 3.09. The number of hydrogen-bond acceptors (Lipinski definition) is 5. The maximum Gasteiger partial charge on any atom is 0.317 e. The number of fused-ring (bicyclic) bond motifs is 1. The summed E-state index contributed by atoms with van der Waals surface area (Å²) in [5.41, 5.74) is 2.16. The van der Waals surface area contributed by atoms with E-state index >= 15 is 0 Å². The van der Waals surface area contributed by atoms with Crippen molar-refractivity contribution in [3.63, 3.8) is 0 Å². The monoisotopic (exact) mass is 343 g/mol. The van der Waals surface area contributed by atoms with Gasteiger partial charge in [0.25, 0.3) is 0 Å². The van der Waals surface area contributed by atoms with Crippen molar-refractivity contribution < 1.29 is 18.7 Å². The molecule has 1 N–H and O–H groups in total. The SMILES string of the molecule is O=C(NCc1ccoc1)N1CCN(Cc2ccc3c(c2)OCO3)CC1. The molecule has 1 saturated heterocycles. The van der Waals surface area contributed by atoms with Crippen molar-refractivity contribution in [1.82, 2.24) is 15.1 Å². The molecule has 1 aromatic heterocycles. The van der Waals surface area contributed by atoms with Crippen molar-refractivity contribution in [2.75, 3.05) is 33.0 Å². The van der Waals surface area contributed by atoms with E-state index in [1.165, 1.54) is 5.56 Å². The van der Waals surface area contributed by atoms with E-state index in [-0.39, 0.29) is 6.03 Å². The molecule has 132 valence electrons. The Labute approximate surface area is 146 Å². The van der Waals surface area contributed by atoms with Gasteiger partial charge in [-0.05, 0) is 23.8 Å². The number of benzene rings is 1. The first-order valence-corrected chi connectivity index (χ1v) is 8.43. The van der Waals surface area contributed by atoms with Gasteiger partial charge in [-0.1, -0.05) is 6.07 Å². The maximum absolute atomic E-state index is 12.2. The second-order valence-electron chi connectivity index (χ2n) is 6.24. The first kappa shape index (κ1) is 15.8. The molecule has 25 heavy (non-hydrogen) atoms. The predicted molar refractivity (Wildman–Crippen MR) is 90.4 cm³/mol. The number of urea groups is 1. The van der Waals surface area contributed by atoms with Gasteiger partial charge in [0.1, 0.15) is 0 Å². The number of rotatable bonds is 4. The highest BCUT2D eigenvalue weighted by Crippen LogP contribution is 2.32. The molecule has 1 fully saturated rings. The molecule has 2 amide bonds. The molecule has 7 heteroatoms. The lowest BCUT2D eigenvalue weighted by molar-refractivity contribution is 0.135. The summed E-state index contributed by atoms with van der Waals surface area (Å²) in [7, 11) is 0. The van der Waals surface area contributed by atoms with Gasteiger partial charge in [-0.25, -0.2) is 4.79 Å². The van der Waals surface area contributed by atoms with E-state index in [1.807, 2.05) is 23.1 Å². The van der Waals surface area contributed by atoms with Crippen LogP contribution in [0.1, 0.15) is 11.1 Å². The molecule has 0 bridgehead atoms. The minimum atomic E-state index is -0.0241. The highest BCUT2D eigenvalue weighted by atomic mass is 16.7. The fraction of sp³-hybridized carbons (Fsp3) is 0.389. The standard InChI is InChI=1S/C18H21N3O4/c22-18(19-10-15-3-8-23-12-15)21-6-4-20(5-7-21)11-14-1-2-16-17(9-14)25-13-24-16/h1-3,8-9,12H,4-7,10-11,13H2,(H,19,22). The van der Waals surface area contributed by atoms with Crippen LogP contribution in [-0.4, -0.2) is 48.8 Å². The molecular formula is C18H21N3O4. The number of nitrogens with zero attached hydrogens (tertiary/aromatic N) is 2. The smallest absolute Gasteiger partial charge is 0.317 e. The summed E-state index contributed by atoms with van der Waals surface area (Å²) < 4.78 is 15.8. The van der Waals surface area contributed by atoms with Gasteiger partial charge in [-0.2, -0.15) is 0 Å². The first-order chi connectivity index (χ1) is 12.3. The summed E-state index contributed by atoms with van der Waals surface area (Å²) in [4.78, 5) is 16.4. The van der Waals surface area contributed by atoms with E-state index in [4.69, 9.17) is 13.9 Å². The predicted octanol–water partition coefficient (Wildman–Crippen LogP) is 2.04. The number of ether oxygens (including phenoxy) is 2. The molecule has 0 unspecified atom stereocenters. The molecule has 2 aliphatic rings. The van der Waals surface area contributed by atoms with E-state index in [2.05, 4.69) is 16.3 Å². The van der Waals surface area contributed by atoms with Crippen molar-refractivity contribution in [3.8, 4) is 11.5 Å². The van der Waals surface area contributed by atoms with Crippen LogP contribution in [0.15, 0.2) is 41.2 Å². The molecule has 2 aliphatic heterocycles. The van der Waals surface area contributed by atoms with Crippen molar-refractivity contribution >= 4 is 6.03 Å². The van der Waals surface area contributed by atoms with Crippen molar-refractivity contribution in [2.45, 2.75) is 13.1 Å². The summed E-state index contributed by atoms with van der Waals surface area (Å²) >= 11 is 0. The Hall–Kier alpha value is -2.67. The van der Waals surface area contributed by atoms with Crippen molar-refractivity contribution in [2.24, 2.45) is 0 Å². The van der Waals surface area contributed by atoms with Gasteiger partial charge in [0.2, 0.25) is 6.79 Å². The first-order valence-electron chi connectivity index (χ1n) is 8.43. The van der Waals surface area contributed by atoms with Crippen LogP contribution in [0.2, 0.25) is 0 Å². The molecule has 4 rings (SSSR count). The normalized spacial score (nSPS) is 16.9. The largest absolute Gasteiger partial charge is 0.472 e. The van der Waals surface area contributed by atoms with Crippen molar-refractivity contribution in [1.29, 1.82) is 0 Å². The van der Waals surface area contributed by atoms with Crippen LogP contribution in [-0.2, 0) is 13.1 Å². The lowest BCUT2D eigenvalue weighted by atomic mass is 10.1. The summed E-state index contributed by atoms with van der Waals surface area (Å²) in [5, 5.41) is 2.93. The quantitative estimate of drug-likeness (QED) is 0.920. The number of piperazine rings is 1. The summed E-state index contributed by atoms with van der Waals surface area (Å²) in [5.74, 6) is 1.62. The summed E-state index contributed by atoms with van der Waals surface area (Å²) in [6.45, 7) is 4.80. The molecule has 2 aromatic rings. The zero-order valence-electron chi connectivity index (χ0n) is 13.9. The zero-order valence-corrected chi connectivity index (χ0v) is 13.9. The van der Waals surface area contributed by atoms with Crippen LogP contribution < -0.4 is 14.8 Å². The number of nitrogens with one attached hydrogen (secondary N) is 1. The van der Waals surface area contributed by atoms with Crippen LogP contribution in [0, 0.1) is 0 Å².